The zero-order valence-electron chi connectivity index (χ0n) is 20.8. The van der Waals surface area contributed by atoms with Gasteiger partial charge >= 0.3 is 11.1 Å². The highest BCUT2D eigenvalue weighted by molar-refractivity contribution is 8.00. The Kier molecular flexibility index (Phi) is 7.61. The average Bonchev–Trinajstić information content (AvgIpc) is 3.42. The number of amides is 3. The summed E-state index contributed by atoms with van der Waals surface area (Å²) < 4.78 is 1.81. The molecule has 0 radical (unpaired) electrons. The van der Waals surface area contributed by atoms with Crippen LogP contribution in [0.25, 0.3) is 0 Å². The van der Waals surface area contributed by atoms with Crippen LogP contribution in [0.3, 0.4) is 0 Å². The summed E-state index contributed by atoms with van der Waals surface area (Å²) in [6, 6.07) is -0.963. The highest BCUT2D eigenvalue weighted by atomic mass is 32.2. The molecular formula is C21H25N8O6S3+. The minimum atomic E-state index is -1.25. The number of rotatable bonds is 9. The third-order valence-corrected chi connectivity index (χ3v) is 9.47. The van der Waals surface area contributed by atoms with Crippen molar-refractivity contribution in [3.63, 3.8) is 0 Å². The van der Waals surface area contributed by atoms with Gasteiger partial charge in [0.2, 0.25) is 0 Å². The van der Waals surface area contributed by atoms with Gasteiger partial charge in [0.1, 0.15) is 47.0 Å². The number of aromatic nitrogens is 2. The quantitative estimate of drug-likeness (QED) is 0.126. The summed E-state index contributed by atoms with van der Waals surface area (Å²) in [5, 5.41) is 18.2. The van der Waals surface area contributed by atoms with Crippen molar-refractivity contribution in [1.29, 1.82) is 0 Å². The largest absolute Gasteiger partial charge is 0.477 e. The third-order valence-electron chi connectivity index (χ3n) is 5.99. The van der Waals surface area contributed by atoms with Crippen molar-refractivity contribution in [2.75, 3.05) is 37.1 Å². The van der Waals surface area contributed by atoms with Gasteiger partial charge in [0, 0.05) is 16.7 Å². The fourth-order valence-corrected chi connectivity index (χ4v) is 7.10. The fourth-order valence-electron chi connectivity index (χ4n) is 4.15. The van der Waals surface area contributed by atoms with Crippen molar-refractivity contribution in [2.24, 2.45) is 17.9 Å². The Morgan fingerprint density at radius 1 is 1.42 bits per heavy atom. The number of nitrogen functional groups attached to an aromatic ring is 1. The van der Waals surface area contributed by atoms with Gasteiger partial charge < -0.3 is 26.7 Å². The first kappa shape index (κ1) is 27.3. The number of hydrogen-bond donors (Lipinski definition) is 4. The van der Waals surface area contributed by atoms with Gasteiger partial charge in [0.15, 0.2) is 10.8 Å². The van der Waals surface area contributed by atoms with E-state index in [4.69, 9.17) is 16.3 Å². The molecule has 2 atom stereocenters. The monoisotopic (exact) mass is 581 g/mol. The third kappa shape index (κ3) is 4.79. The predicted molar refractivity (Wildman–Crippen MR) is 142 cm³/mol. The van der Waals surface area contributed by atoms with Crippen molar-refractivity contribution in [3.05, 3.63) is 32.9 Å². The average molecular weight is 582 g/mol. The van der Waals surface area contributed by atoms with Crippen LogP contribution in [0.15, 0.2) is 21.8 Å². The van der Waals surface area contributed by atoms with Gasteiger partial charge in [0.05, 0.1) is 14.1 Å². The molecule has 6 N–H and O–H groups in total. The summed E-state index contributed by atoms with van der Waals surface area (Å²) in [6.45, 7) is 1.97. The van der Waals surface area contributed by atoms with Crippen molar-refractivity contribution in [1.82, 2.24) is 15.2 Å². The van der Waals surface area contributed by atoms with Crippen molar-refractivity contribution < 1.29 is 33.7 Å². The number of hydrogen-bond acceptors (Lipinski definition) is 12. The van der Waals surface area contributed by atoms with Crippen LogP contribution in [0, 0.1) is 6.92 Å². The van der Waals surface area contributed by atoms with Gasteiger partial charge in [-0.05, 0) is 18.3 Å². The second kappa shape index (κ2) is 10.6. The Bertz CT molecular complexity index is 1400. The molecule has 14 nitrogen and oxygen atoms in total. The molecule has 38 heavy (non-hydrogen) atoms. The summed E-state index contributed by atoms with van der Waals surface area (Å²) in [5.41, 5.74) is 12.2. The minimum Gasteiger partial charge on any atom is -0.477 e. The summed E-state index contributed by atoms with van der Waals surface area (Å²) in [7, 11) is 4.82. The van der Waals surface area contributed by atoms with Gasteiger partial charge in [-0.15, -0.1) is 23.1 Å². The number of nitrogens with one attached hydrogen (secondary N) is 1. The van der Waals surface area contributed by atoms with Crippen LogP contribution in [0.5, 0.6) is 0 Å². The first-order valence-corrected chi connectivity index (χ1v) is 13.7. The molecule has 3 amide bonds. The molecule has 2 aliphatic rings. The smallest absolute Gasteiger partial charge is 0.352 e. The molecule has 2 aromatic rings. The van der Waals surface area contributed by atoms with Gasteiger partial charge in [-0.1, -0.05) is 5.16 Å². The van der Waals surface area contributed by atoms with Crippen LogP contribution in [0.4, 0.5) is 10.3 Å². The topological polar surface area (TPSA) is 197 Å². The molecule has 0 spiro atoms. The maximum Gasteiger partial charge on any atom is 0.352 e. The number of carboxylic acids is 1. The Hall–Kier alpha value is -3.70. The standard InChI is InChI=1S/C21H24N8O6S3/c1-8-14(15(22)30)38-21(28(8)3)27(2)5-9-6-36-18-12(17(32)29(18)13(9)19(33)34)25-16(31)11(26-35-4)10-7-37-20(23)24-10/h7,12,18H,5-6H2,1-4H3,(H5-,22,23,24,25,30,31,33,34)/p+1/b26-11+/t12?,18-/m1/s1. The maximum atomic E-state index is 13.1. The number of nitrogens with two attached hydrogens (primary N) is 2. The van der Waals surface area contributed by atoms with E-state index < -0.39 is 35.1 Å². The number of nitrogens with zero attached hydrogens (tertiary/aromatic N) is 5. The van der Waals surface area contributed by atoms with Crippen molar-refractivity contribution in [3.8, 4) is 0 Å². The van der Waals surface area contributed by atoms with E-state index in [1.807, 2.05) is 0 Å². The van der Waals surface area contributed by atoms with Crippen molar-refractivity contribution >= 4 is 74.1 Å². The van der Waals surface area contributed by atoms with Crippen LogP contribution >= 0.6 is 34.4 Å². The predicted octanol–water partition coefficient (Wildman–Crippen LogP) is -0.756. The molecule has 202 valence electrons. The lowest BCUT2D eigenvalue weighted by molar-refractivity contribution is -0.660. The van der Waals surface area contributed by atoms with E-state index in [1.165, 1.54) is 40.5 Å². The molecule has 0 saturated carbocycles. The first-order valence-electron chi connectivity index (χ1n) is 11.0. The van der Waals surface area contributed by atoms with Crippen LogP contribution in [0.2, 0.25) is 0 Å². The van der Waals surface area contributed by atoms with Crippen LogP contribution < -0.4 is 26.3 Å². The Morgan fingerprint density at radius 2 is 2.13 bits per heavy atom. The van der Waals surface area contributed by atoms with E-state index in [1.54, 1.807) is 30.5 Å². The normalized spacial score (nSPS) is 19.1. The number of likely N-dealkylation sites (N-methyl/N-ethyl adjacent to an activating group) is 1. The highest BCUT2D eigenvalue weighted by Gasteiger charge is 2.54. The Balaban J connectivity index is 1.54. The molecule has 2 aromatic heterocycles. The number of aliphatic carboxylic acids is 1. The Morgan fingerprint density at radius 3 is 2.68 bits per heavy atom. The lowest BCUT2D eigenvalue weighted by atomic mass is 10.0. The molecule has 4 rings (SSSR count). The van der Waals surface area contributed by atoms with E-state index >= 15 is 0 Å². The number of thiazole rings is 2. The van der Waals surface area contributed by atoms with E-state index in [2.05, 4.69) is 15.5 Å². The molecule has 4 heterocycles. The van der Waals surface area contributed by atoms with Crippen LogP contribution in [-0.4, -0.2) is 82.3 Å². The Labute approximate surface area is 228 Å². The summed E-state index contributed by atoms with van der Waals surface area (Å²) in [5.74, 6) is -2.74. The summed E-state index contributed by atoms with van der Waals surface area (Å²) >= 11 is 3.66. The number of anilines is 2. The van der Waals surface area contributed by atoms with E-state index in [0.717, 1.165) is 11.3 Å². The highest BCUT2D eigenvalue weighted by Crippen LogP contribution is 2.41. The van der Waals surface area contributed by atoms with Gasteiger partial charge in [-0.3, -0.25) is 24.2 Å². The summed E-state index contributed by atoms with van der Waals surface area (Å²) in [4.78, 5) is 62.2. The number of carbonyl (C=O) groups excluding carboxylic acids is 3. The molecule has 2 aliphatic heterocycles. The maximum absolute atomic E-state index is 13.1. The van der Waals surface area contributed by atoms with E-state index in [-0.39, 0.29) is 28.8 Å². The number of fused-ring (bicyclic) bond motifs is 1. The lowest BCUT2D eigenvalue weighted by Crippen LogP contribution is -2.71. The first-order chi connectivity index (χ1) is 18.0. The molecule has 1 fully saturated rings. The van der Waals surface area contributed by atoms with Crippen LogP contribution in [0.1, 0.15) is 21.1 Å². The van der Waals surface area contributed by atoms with Crippen molar-refractivity contribution in [2.45, 2.75) is 18.3 Å². The van der Waals surface area contributed by atoms with Crippen LogP contribution in [-0.2, 0) is 26.3 Å². The van der Waals surface area contributed by atoms with E-state index in [9.17, 15) is 24.3 Å². The lowest BCUT2D eigenvalue weighted by Gasteiger charge is -2.49. The number of carboxylic acid groups (broad SMARTS) is 1. The molecule has 17 heteroatoms. The molecule has 0 aromatic carbocycles. The number of oxime groups is 1. The molecule has 0 bridgehead atoms. The zero-order chi connectivity index (χ0) is 27.9. The summed E-state index contributed by atoms with van der Waals surface area (Å²) in [6.07, 6.45) is 0. The second-order valence-electron chi connectivity index (χ2n) is 8.39. The van der Waals surface area contributed by atoms with Gasteiger partial charge in [-0.2, -0.15) is 0 Å². The van der Waals surface area contributed by atoms with E-state index in [0.29, 0.717) is 27.0 Å². The van der Waals surface area contributed by atoms with Gasteiger partial charge in [0.25, 0.3) is 17.7 Å². The molecule has 0 aliphatic carbocycles. The minimum absolute atomic E-state index is 0.125. The number of primary amides is 1. The fraction of sp³-hybridized carbons (Fsp3) is 0.381. The number of β-lactam (4-membered cyclic amide) rings is 1. The number of carbonyl (C=O) groups is 4. The zero-order valence-corrected chi connectivity index (χ0v) is 23.2. The SMILES string of the molecule is CO/N=C(/C(=O)NC1C(=O)N2C(C(=O)O)=C(CN(C)c3sc(C(N)=O)c(C)[n+]3C)CS[C@H]12)c1csc(N)n1. The molecular weight excluding hydrogens is 556 g/mol. The number of thioether (sulfide) groups is 1. The molecule has 1 unspecified atom stereocenters. The van der Waals surface area contributed by atoms with Gasteiger partial charge in [-0.25, -0.2) is 14.3 Å². The second-order valence-corrected chi connectivity index (χ2v) is 11.4. The molecule has 1 saturated heterocycles.